The SMILES string of the molecule is O=C(O)CCC(NC(=O)N[C@@H](Cc1ccc(NC(=O)N2CCN(C(=O)Cn3cc(CCCF)nn3)CC2)cc1)C(=O)O)C(=O)O. The highest BCUT2D eigenvalue weighted by Gasteiger charge is 2.26. The minimum absolute atomic E-state index is 0.0141. The summed E-state index contributed by atoms with van der Waals surface area (Å²) in [6.45, 7) is 0.752. The third-order valence-corrected chi connectivity index (χ3v) is 6.87. The van der Waals surface area contributed by atoms with Crippen LogP contribution in [0.25, 0.3) is 0 Å². The van der Waals surface area contributed by atoms with E-state index in [2.05, 4.69) is 26.3 Å². The average Bonchev–Trinajstić information content (AvgIpc) is 3.45. The molecule has 244 valence electrons. The van der Waals surface area contributed by atoms with Gasteiger partial charge in [-0.25, -0.2) is 23.9 Å². The summed E-state index contributed by atoms with van der Waals surface area (Å²) in [7, 11) is 0. The van der Waals surface area contributed by atoms with Gasteiger partial charge in [-0.1, -0.05) is 17.3 Å². The van der Waals surface area contributed by atoms with E-state index in [9.17, 15) is 43.4 Å². The van der Waals surface area contributed by atoms with E-state index < -0.39 is 49.1 Å². The van der Waals surface area contributed by atoms with E-state index in [-0.39, 0.29) is 31.3 Å². The molecule has 0 aliphatic carbocycles. The normalized spacial score (nSPS) is 14.2. The molecule has 5 amide bonds. The van der Waals surface area contributed by atoms with E-state index in [1.165, 1.54) is 4.68 Å². The van der Waals surface area contributed by atoms with Crippen LogP contribution >= 0.6 is 0 Å². The van der Waals surface area contributed by atoms with Gasteiger partial charge < -0.3 is 41.1 Å². The zero-order valence-electron chi connectivity index (χ0n) is 24.2. The highest BCUT2D eigenvalue weighted by Crippen LogP contribution is 2.14. The summed E-state index contributed by atoms with van der Waals surface area (Å²) in [6.07, 6.45) is 1.34. The first kappa shape index (κ1) is 34.2. The van der Waals surface area contributed by atoms with Crippen molar-refractivity contribution in [3.05, 3.63) is 41.7 Å². The lowest BCUT2D eigenvalue weighted by atomic mass is 10.1. The second kappa shape index (κ2) is 16.5. The van der Waals surface area contributed by atoms with Crippen LogP contribution in [0.4, 0.5) is 19.7 Å². The molecule has 17 nitrogen and oxygen atoms in total. The molecule has 2 aromatic rings. The van der Waals surface area contributed by atoms with Crippen molar-refractivity contribution in [1.82, 2.24) is 35.4 Å². The first-order chi connectivity index (χ1) is 21.4. The molecule has 1 aliphatic rings. The number of nitrogens with zero attached hydrogens (tertiary/aromatic N) is 5. The Morgan fingerprint density at radius 3 is 2.11 bits per heavy atom. The molecule has 1 aromatic carbocycles. The minimum Gasteiger partial charge on any atom is -0.481 e. The molecule has 18 heteroatoms. The monoisotopic (exact) mass is 634 g/mol. The summed E-state index contributed by atoms with van der Waals surface area (Å²) >= 11 is 0. The molecule has 2 atom stereocenters. The Bertz CT molecular complexity index is 1360. The molecule has 6 N–H and O–H groups in total. The van der Waals surface area contributed by atoms with Crippen molar-refractivity contribution in [2.45, 2.75) is 50.7 Å². The van der Waals surface area contributed by atoms with Gasteiger partial charge in [0.1, 0.15) is 18.6 Å². The fourth-order valence-electron chi connectivity index (χ4n) is 4.42. The number of benzene rings is 1. The van der Waals surface area contributed by atoms with Crippen molar-refractivity contribution >= 4 is 41.6 Å². The smallest absolute Gasteiger partial charge is 0.326 e. The van der Waals surface area contributed by atoms with Gasteiger partial charge in [0.05, 0.1) is 12.4 Å². The molecule has 1 saturated heterocycles. The number of piperazine rings is 1. The number of anilines is 1. The molecule has 3 rings (SSSR count). The molecule has 0 saturated carbocycles. The van der Waals surface area contributed by atoms with Gasteiger partial charge in [-0.05, 0) is 37.0 Å². The van der Waals surface area contributed by atoms with E-state index in [1.54, 1.807) is 40.3 Å². The van der Waals surface area contributed by atoms with Crippen LogP contribution in [0, 0.1) is 0 Å². The number of carbonyl (C=O) groups is 6. The zero-order chi connectivity index (χ0) is 32.9. The first-order valence-electron chi connectivity index (χ1n) is 14.1. The van der Waals surface area contributed by atoms with Crippen molar-refractivity contribution in [2.24, 2.45) is 0 Å². The highest BCUT2D eigenvalue weighted by molar-refractivity contribution is 5.90. The molecule has 1 aromatic heterocycles. The number of carboxylic acid groups (broad SMARTS) is 3. The number of aromatic nitrogens is 3. The summed E-state index contributed by atoms with van der Waals surface area (Å²) in [6, 6.07) is 1.81. The standard InChI is InChI=1S/C27H35FN8O9/c28-9-1-2-19-15-36(33-32-19)16-22(37)34-10-12-35(13-11-34)27(45)29-18-5-3-17(4-6-18)14-21(25(42)43)31-26(44)30-20(24(40)41)7-8-23(38)39/h3-6,15,20-21H,1-2,7-14,16H2,(H,29,45)(H,38,39)(H,40,41)(H,42,43)(H2,30,31,44)/t20?,21-/m0/s1. The molecular formula is C27H35FN8O9. The van der Waals surface area contributed by atoms with Gasteiger partial charge in [-0.2, -0.15) is 0 Å². The van der Waals surface area contributed by atoms with E-state index in [0.29, 0.717) is 56.0 Å². The largest absolute Gasteiger partial charge is 0.481 e. The topological polar surface area (TPSA) is 236 Å². The van der Waals surface area contributed by atoms with Crippen LogP contribution in [0.1, 0.15) is 30.5 Å². The van der Waals surface area contributed by atoms with Crippen molar-refractivity contribution in [1.29, 1.82) is 0 Å². The summed E-state index contributed by atoms with van der Waals surface area (Å²) in [5.41, 5.74) is 1.53. The lowest BCUT2D eigenvalue weighted by molar-refractivity contribution is -0.141. The number of rotatable bonds is 15. The van der Waals surface area contributed by atoms with E-state index in [0.717, 1.165) is 0 Å². The lowest BCUT2D eigenvalue weighted by Crippen LogP contribution is -2.52. The van der Waals surface area contributed by atoms with Crippen LogP contribution in [-0.4, -0.2) is 121 Å². The van der Waals surface area contributed by atoms with Crippen LogP contribution in [0.15, 0.2) is 30.5 Å². The van der Waals surface area contributed by atoms with Crippen LogP contribution in [0.3, 0.4) is 0 Å². The molecule has 45 heavy (non-hydrogen) atoms. The number of hydrogen-bond donors (Lipinski definition) is 6. The van der Waals surface area contributed by atoms with E-state index in [4.69, 9.17) is 5.11 Å². The Kier molecular flexibility index (Phi) is 12.6. The number of carbonyl (C=O) groups excluding carboxylic acids is 3. The third-order valence-electron chi connectivity index (χ3n) is 6.87. The number of alkyl halides is 1. The predicted molar refractivity (Wildman–Crippen MR) is 153 cm³/mol. The second-order valence-corrected chi connectivity index (χ2v) is 10.2. The van der Waals surface area contributed by atoms with Crippen molar-refractivity contribution in [2.75, 3.05) is 38.2 Å². The Morgan fingerprint density at radius 2 is 1.51 bits per heavy atom. The number of aliphatic carboxylic acids is 3. The summed E-state index contributed by atoms with van der Waals surface area (Å²) in [4.78, 5) is 74.5. The molecule has 2 heterocycles. The molecule has 1 aliphatic heterocycles. The molecule has 0 spiro atoms. The molecular weight excluding hydrogens is 599 g/mol. The van der Waals surface area contributed by atoms with Gasteiger partial charge >= 0.3 is 30.0 Å². The Morgan fingerprint density at radius 1 is 0.889 bits per heavy atom. The fourth-order valence-corrected chi connectivity index (χ4v) is 4.42. The van der Waals surface area contributed by atoms with Crippen LogP contribution in [0.5, 0.6) is 0 Å². The van der Waals surface area contributed by atoms with Crippen LogP contribution in [0.2, 0.25) is 0 Å². The maximum absolute atomic E-state index is 12.8. The van der Waals surface area contributed by atoms with Crippen molar-refractivity contribution in [3.8, 4) is 0 Å². The lowest BCUT2D eigenvalue weighted by Gasteiger charge is -2.34. The average molecular weight is 635 g/mol. The molecule has 1 fully saturated rings. The van der Waals surface area contributed by atoms with Crippen molar-refractivity contribution < 1.29 is 48.5 Å². The summed E-state index contributed by atoms with van der Waals surface area (Å²) in [5, 5.41) is 42.3. The Labute approximate surface area is 256 Å². The van der Waals surface area contributed by atoms with Gasteiger partial charge in [-0.15, -0.1) is 5.10 Å². The Balaban J connectivity index is 1.45. The van der Waals surface area contributed by atoms with E-state index >= 15 is 0 Å². The van der Waals surface area contributed by atoms with Gasteiger partial charge in [0, 0.05) is 50.9 Å². The van der Waals surface area contributed by atoms with Gasteiger partial charge in [0.2, 0.25) is 5.91 Å². The number of urea groups is 2. The fraction of sp³-hybridized carbons (Fsp3) is 0.481. The van der Waals surface area contributed by atoms with Crippen LogP contribution in [-0.2, 0) is 38.6 Å². The summed E-state index contributed by atoms with van der Waals surface area (Å²) in [5.74, 6) is -4.27. The number of amides is 5. The Hall–Kier alpha value is -5.29. The summed E-state index contributed by atoms with van der Waals surface area (Å²) < 4.78 is 13.7. The first-order valence-corrected chi connectivity index (χ1v) is 14.1. The predicted octanol–water partition coefficient (Wildman–Crippen LogP) is 0.169. The minimum atomic E-state index is -1.52. The molecule has 0 bridgehead atoms. The third kappa shape index (κ3) is 11.0. The maximum Gasteiger partial charge on any atom is 0.326 e. The van der Waals surface area contributed by atoms with Crippen LogP contribution < -0.4 is 16.0 Å². The quantitative estimate of drug-likeness (QED) is 0.154. The number of halogens is 1. The number of aryl methyl sites for hydroxylation is 1. The number of hydrogen-bond acceptors (Lipinski definition) is 8. The second-order valence-electron chi connectivity index (χ2n) is 10.2. The van der Waals surface area contributed by atoms with E-state index in [1.807, 2.05) is 0 Å². The maximum atomic E-state index is 12.8. The number of nitrogens with one attached hydrogen (secondary N) is 3. The van der Waals surface area contributed by atoms with Gasteiger partial charge in [-0.3, -0.25) is 14.0 Å². The zero-order valence-corrected chi connectivity index (χ0v) is 24.2. The van der Waals surface area contributed by atoms with Crippen molar-refractivity contribution in [3.63, 3.8) is 0 Å². The van der Waals surface area contributed by atoms with Gasteiger partial charge in [0.25, 0.3) is 0 Å². The molecule has 1 unspecified atom stereocenters. The highest BCUT2D eigenvalue weighted by atomic mass is 19.1. The van der Waals surface area contributed by atoms with Gasteiger partial charge in [0.15, 0.2) is 0 Å². The number of carboxylic acids is 3. The molecule has 0 radical (unpaired) electrons.